The van der Waals surface area contributed by atoms with Crippen LogP contribution in [0.15, 0.2) is 16.8 Å². The van der Waals surface area contributed by atoms with E-state index in [1.165, 1.54) is 5.56 Å². The van der Waals surface area contributed by atoms with Crippen LogP contribution in [0.3, 0.4) is 0 Å². The van der Waals surface area contributed by atoms with Crippen LogP contribution in [0.5, 0.6) is 0 Å². The Morgan fingerprint density at radius 3 is 3.08 bits per heavy atom. The first kappa shape index (κ1) is 9.19. The van der Waals surface area contributed by atoms with Gasteiger partial charge in [0.2, 0.25) is 0 Å². The summed E-state index contributed by atoms with van der Waals surface area (Å²) >= 11 is 1.75. The van der Waals surface area contributed by atoms with Gasteiger partial charge in [-0.3, -0.25) is 4.90 Å². The SMILES string of the molecule is CN1C[C@@H](CO)C[C@H]1c1ccsc1. The fourth-order valence-electron chi connectivity index (χ4n) is 2.09. The Balaban J connectivity index is 2.09. The second-order valence-corrected chi connectivity index (χ2v) is 4.58. The van der Waals surface area contributed by atoms with Crippen LogP contribution >= 0.6 is 11.3 Å². The zero-order valence-corrected chi connectivity index (χ0v) is 8.63. The minimum absolute atomic E-state index is 0.324. The molecular weight excluding hydrogens is 182 g/mol. The van der Waals surface area contributed by atoms with Crippen molar-refractivity contribution in [3.8, 4) is 0 Å². The lowest BCUT2D eigenvalue weighted by molar-refractivity contribution is 0.227. The summed E-state index contributed by atoms with van der Waals surface area (Å²) in [5, 5.41) is 13.4. The van der Waals surface area contributed by atoms with Crippen LogP contribution in [0.2, 0.25) is 0 Å². The predicted molar refractivity (Wildman–Crippen MR) is 54.9 cm³/mol. The van der Waals surface area contributed by atoms with Gasteiger partial charge in [-0.1, -0.05) is 0 Å². The van der Waals surface area contributed by atoms with Crippen molar-refractivity contribution in [3.63, 3.8) is 0 Å². The maximum atomic E-state index is 9.08. The van der Waals surface area contributed by atoms with Crippen molar-refractivity contribution in [3.05, 3.63) is 22.4 Å². The molecule has 0 unspecified atom stereocenters. The van der Waals surface area contributed by atoms with E-state index in [9.17, 15) is 0 Å². The molecule has 1 N–H and O–H groups in total. The molecule has 13 heavy (non-hydrogen) atoms. The number of hydrogen-bond donors (Lipinski definition) is 1. The molecule has 2 heterocycles. The number of aliphatic hydroxyl groups is 1. The van der Waals surface area contributed by atoms with Gasteiger partial charge in [0.25, 0.3) is 0 Å². The smallest absolute Gasteiger partial charge is 0.0472 e. The lowest BCUT2D eigenvalue weighted by atomic mass is 10.0. The lowest BCUT2D eigenvalue weighted by Crippen LogP contribution is -2.18. The largest absolute Gasteiger partial charge is 0.396 e. The van der Waals surface area contributed by atoms with Gasteiger partial charge >= 0.3 is 0 Å². The van der Waals surface area contributed by atoms with E-state index in [2.05, 4.69) is 28.8 Å². The van der Waals surface area contributed by atoms with Crippen molar-refractivity contribution in [2.24, 2.45) is 5.92 Å². The second-order valence-electron chi connectivity index (χ2n) is 3.80. The van der Waals surface area contributed by atoms with E-state index >= 15 is 0 Å². The summed E-state index contributed by atoms with van der Waals surface area (Å²) in [5.41, 5.74) is 1.41. The van der Waals surface area contributed by atoms with E-state index in [0.29, 0.717) is 18.6 Å². The molecule has 72 valence electrons. The third kappa shape index (κ3) is 1.77. The van der Waals surface area contributed by atoms with E-state index in [1.807, 2.05) is 0 Å². The van der Waals surface area contributed by atoms with Crippen LogP contribution in [0.4, 0.5) is 0 Å². The molecule has 2 nitrogen and oxygen atoms in total. The number of hydrogen-bond acceptors (Lipinski definition) is 3. The summed E-state index contributed by atoms with van der Waals surface area (Å²) in [6.45, 7) is 1.35. The summed E-state index contributed by atoms with van der Waals surface area (Å²) in [6, 6.07) is 2.72. The molecule has 2 atom stereocenters. The maximum Gasteiger partial charge on any atom is 0.0472 e. The first-order chi connectivity index (χ1) is 6.31. The van der Waals surface area contributed by atoms with Crippen molar-refractivity contribution in [1.82, 2.24) is 4.90 Å². The van der Waals surface area contributed by atoms with Gasteiger partial charge in [-0.05, 0) is 41.8 Å². The number of thiophene rings is 1. The quantitative estimate of drug-likeness (QED) is 0.780. The Bertz CT molecular complexity index is 260. The zero-order valence-electron chi connectivity index (χ0n) is 7.81. The van der Waals surface area contributed by atoms with Crippen molar-refractivity contribution >= 4 is 11.3 Å². The maximum absolute atomic E-state index is 9.08. The molecule has 0 radical (unpaired) electrons. The number of aliphatic hydroxyl groups excluding tert-OH is 1. The van der Waals surface area contributed by atoms with Crippen LogP contribution in [0.1, 0.15) is 18.0 Å². The molecule has 1 fully saturated rings. The molecule has 1 aromatic rings. The molecular formula is C10H15NOS. The van der Waals surface area contributed by atoms with Crippen LogP contribution in [-0.4, -0.2) is 30.2 Å². The summed E-state index contributed by atoms with van der Waals surface area (Å²) in [7, 11) is 2.14. The van der Waals surface area contributed by atoms with Gasteiger partial charge in [0, 0.05) is 19.2 Å². The standard InChI is InChI=1S/C10H15NOS/c1-11-5-8(6-12)4-10(11)9-2-3-13-7-9/h2-3,7-8,10,12H,4-6H2,1H3/t8-,10-/m0/s1. The molecule has 1 saturated heterocycles. The van der Waals surface area contributed by atoms with Crippen LogP contribution in [0.25, 0.3) is 0 Å². The molecule has 3 heteroatoms. The molecule has 0 spiro atoms. The molecule has 1 aliphatic rings. The molecule has 0 amide bonds. The van der Waals surface area contributed by atoms with Gasteiger partial charge < -0.3 is 5.11 Å². The summed E-state index contributed by atoms with van der Waals surface area (Å²) in [4.78, 5) is 2.34. The van der Waals surface area contributed by atoms with Crippen molar-refractivity contribution < 1.29 is 5.11 Å². The monoisotopic (exact) mass is 197 g/mol. The predicted octanol–water partition coefficient (Wildman–Crippen LogP) is 1.73. The Hall–Kier alpha value is -0.380. The lowest BCUT2D eigenvalue weighted by Gasteiger charge is -2.17. The molecule has 0 aromatic carbocycles. The first-order valence-corrected chi connectivity index (χ1v) is 5.58. The van der Waals surface area contributed by atoms with E-state index in [1.54, 1.807) is 11.3 Å². The van der Waals surface area contributed by atoms with Crippen LogP contribution in [-0.2, 0) is 0 Å². The van der Waals surface area contributed by atoms with Gasteiger partial charge in [0.05, 0.1) is 0 Å². The Morgan fingerprint density at radius 2 is 2.54 bits per heavy atom. The number of rotatable bonds is 2. The molecule has 0 saturated carbocycles. The van der Waals surface area contributed by atoms with Gasteiger partial charge in [-0.2, -0.15) is 11.3 Å². The normalized spacial score (nSPS) is 29.7. The minimum atomic E-state index is 0.324. The average Bonchev–Trinajstić information content (AvgIpc) is 2.72. The molecule has 1 aromatic heterocycles. The second kappa shape index (κ2) is 3.78. The third-order valence-electron chi connectivity index (χ3n) is 2.82. The summed E-state index contributed by atoms with van der Waals surface area (Å²) < 4.78 is 0. The summed E-state index contributed by atoms with van der Waals surface area (Å²) in [5.74, 6) is 0.467. The van der Waals surface area contributed by atoms with Gasteiger partial charge in [-0.15, -0.1) is 0 Å². The van der Waals surface area contributed by atoms with E-state index in [4.69, 9.17) is 5.11 Å². The average molecular weight is 197 g/mol. The highest BCUT2D eigenvalue weighted by atomic mass is 32.1. The van der Waals surface area contributed by atoms with Gasteiger partial charge in [0.15, 0.2) is 0 Å². The number of nitrogens with zero attached hydrogens (tertiary/aromatic N) is 1. The Morgan fingerprint density at radius 1 is 1.69 bits per heavy atom. The van der Waals surface area contributed by atoms with Crippen LogP contribution < -0.4 is 0 Å². The van der Waals surface area contributed by atoms with E-state index in [0.717, 1.165) is 13.0 Å². The first-order valence-electron chi connectivity index (χ1n) is 4.64. The minimum Gasteiger partial charge on any atom is -0.396 e. The molecule has 0 bridgehead atoms. The Labute approximate surface area is 82.8 Å². The van der Waals surface area contributed by atoms with Crippen molar-refractivity contribution in [2.75, 3.05) is 20.2 Å². The zero-order chi connectivity index (χ0) is 9.26. The molecule has 0 aliphatic carbocycles. The third-order valence-corrected chi connectivity index (χ3v) is 3.52. The molecule has 1 aliphatic heterocycles. The number of likely N-dealkylation sites (tertiary alicyclic amines) is 1. The van der Waals surface area contributed by atoms with E-state index in [-0.39, 0.29) is 0 Å². The highest BCUT2D eigenvalue weighted by Crippen LogP contribution is 2.34. The van der Waals surface area contributed by atoms with E-state index < -0.39 is 0 Å². The van der Waals surface area contributed by atoms with Crippen LogP contribution in [0, 0.1) is 5.92 Å². The summed E-state index contributed by atoms with van der Waals surface area (Å²) in [6.07, 6.45) is 1.10. The highest BCUT2D eigenvalue weighted by Gasteiger charge is 2.29. The topological polar surface area (TPSA) is 23.5 Å². The highest BCUT2D eigenvalue weighted by molar-refractivity contribution is 7.07. The molecule has 2 rings (SSSR count). The van der Waals surface area contributed by atoms with Crippen molar-refractivity contribution in [2.45, 2.75) is 12.5 Å². The fourth-order valence-corrected chi connectivity index (χ4v) is 2.80. The fraction of sp³-hybridized carbons (Fsp3) is 0.600. The van der Waals surface area contributed by atoms with Gasteiger partial charge in [0.1, 0.15) is 0 Å². The van der Waals surface area contributed by atoms with Gasteiger partial charge in [-0.25, -0.2) is 0 Å². The van der Waals surface area contributed by atoms with Crippen molar-refractivity contribution in [1.29, 1.82) is 0 Å². The Kier molecular flexibility index (Phi) is 2.67.